The van der Waals surface area contributed by atoms with Crippen molar-refractivity contribution in [2.75, 3.05) is 25.6 Å². The first kappa shape index (κ1) is 15.7. The van der Waals surface area contributed by atoms with Crippen LogP contribution in [0, 0.1) is 0 Å². The summed E-state index contributed by atoms with van der Waals surface area (Å²) in [6.07, 6.45) is 0.116. The van der Waals surface area contributed by atoms with Crippen LogP contribution >= 0.6 is 11.6 Å². The summed E-state index contributed by atoms with van der Waals surface area (Å²) in [6.45, 7) is 0.737. The number of ether oxygens (including phenoxy) is 1. The van der Waals surface area contributed by atoms with Crippen LogP contribution in [0.3, 0.4) is 0 Å². The van der Waals surface area contributed by atoms with Gasteiger partial charge in [0.1, 0.15) is 5.75 Å². The summed E-state index contributed by atoms with van der Waals surface area (Å²) in [4.78, 5) is 2.09. The van der Waals surface area contributed by atoms with Crippen LogP contribution in [0.1, 0.15) is 18.1 Å². The molecule has 0 heterocycles. The van der Waals surface area contributed by atoms with E-state index in [0.29, 0.717) is 11.4 Å². The standard InChI is InChI=1S/C17H20ClNO2/c1-19(15-7-4-8-16(12-15)21-2)10-9-17(20)13-5-3-6-14(18)11-13/h3-8,11-12,17,20H,9-10H2,1-2H3. The Kier molecular flexibility index (Phi) is 5.48. The van der Waals surface area contributed by atoms with E-state index in [0.717, 1.165) is 23.5 Å². The van der Waals surface area contributed by atoms with Crippen molar-refractivity contribution in [1.29, 1.82) is 0 Å². The Labute approximate surface area is 130 Å². The van der Waals surface area contributed by atoms with Crippen molar-refractivity contribution in [1.82, 2.24) is 0 Å². The van der Waals surface area contributed by atoms with Crippen LogP contribution in [0.5, 0.6) is 5.75 Å². The average molecular weight is 306 g/mol. The van der Waals surface area contributed by atoms with Crippen LogP contribution in [0.2, 0.25) is 5.02 Å². The second kappa shape index (κ2) is 7.34. The highest BCUT2D eigenvalue weighted by Crippen LogP contribution is 2.23. The number of rotatable bonds is 6. The van der Waals surface area contributed by atoms with Gasteiger partial charge in [-0.25, -0.2) is 0 Å². The van der Waals surface area contributed by atoms with Crippen molar-refractivity contribution in [3.05, 3.63) is 59.1 Å². The Balaban J connectivity index is 1.95. The summed E-state index contributed by atoms with van der Waals surface area (Å²) in [5.74, 6) is 0.828. The van der Waals surface area contributed by atoms with E-state index < -0.39 is 6.10 Å². The van der Waals surface area contributed by atoms with E-state index in [1.807, 2.05) is 43.4 Å². The van der Waals surface area contributed by atoms with Crippen LogP contribution in [-0.2, 0) is 0 Å². The van der Waals surface area contributed by atoms with E-state index >= 15 is 0 Å². The Morgan fingerprint density at radius 2 is 1.95 bits per heavy atom. The number of aliphatic hydroxyl groups excluding tert-OH is 1. The Morgan fingerprint density at radius 1 is 1.19 bits per heavy atom. The molecule has 0 radical (unpaired) electrons. The number of nitrogens with zero attached hydrogens (tertiary/aromatic N) is 1. The molecule has 0 amide bonds. The van der Waals surface area contributed by atoms with Gasteiger partial charge in [-0.1, -0.05) is 29.8 Å². The second-order valence-electron chi connectivity index (χ2n) is 4.98. The molecule has 2 aromatic rings. The van der Waals surface area contributed by atoms with Gasteiger partial charge >= 0.3 is 0 Å². The lowest BCUT2D eigenvalue weighted by molar-refractivity contribution is 0.170. The predicted octanol–water partition coefficient (Wildman–Crippen LogP) is 3.91. The van der Waals surface area contributed by atoms with Gasteiger partial charge in [0, 0.05) is 30.4 Å². The van der Waals surface area contributed by atoms with E-state index in [-0.39, 0.29) is 0 Å². The molecule has 0 aliphatic carbocycles. The minimum atomic E-state index is -0.517. The monoisotopic (exact) mass is 305 g/mol. The fraction of sp³-hybridized carbons (Fsp3) is 0.294. The van der Waals surface area contributed by atoms with Gasteiger partial charge in [-0.3, -0.25) is 0 Å². The second-order valence-corrected chi connectivity index (χ2v) is 5.42. The Hall–Kier alpha value is -1.71. The van der Waals surface area contributed by atoms with Crippen LogP contribution in [0.4, 0.5) is 5.69 Å². The predicted molar refractivity (Wildman–Crippen MR) is 87.3 cm³/mol. The highest BCUT2D eigenvalue weighted by Gasteiger charge is 2.10. The molecule has 21 heavy (non-hydrogen) atoms. The molecule has 0 aliphatic rings. The van der Waals surface area contributed by atoms with Gasteiger partial charge in [-0.05, 0) is 36.2 Å². The molecule has 0 aliphatic heterocycles. The zero-order chi connectivity index (χ0) is 15.2. The summed E-state index contributed by atoms with van der Waals surface area (Å²) >= 11 is 5.95. The normalized spacial score (nSPS) is 12.0. The zero-order valence-electron chi connectivity index (χ0n) is 12.3. The maximum Gasteiger partial charge on any atom is 0.120 e. The number of methoxy groups -OCH3 is 1. The molecule has 3 nitrogen and oxygen atoms in total. The first-order valence-electron chi connectivity index (χ1n) is 6.89. The van der Waals surface area contributed by atoms with Crippen LogP contribution < -0.4 is 9.64 Å². The number of aliphatic hydroxyl groups is 1. The molecule has 2 rings (SSSR count). The first-order valence-corrected chi connectivity index (χ1v) is 7.26. The molecule has 0 saturated heterocycles. The quantitative estimate of drug-likeness (QED) is 0.878. The minimum Gasteiger partial charge on any atom is -0.497 e. The number of hydrogen-bond donors (Lipinski definition) is 1. The third-order valence-electron chi connectivity index (χ3n) is 3.47. The fourth-order valence-corrected chi connectivity index (χ4v) is 2.37. The lowest BCUT2D eigenvalue weighted by Gasteiger charge is -2.21. The summed E-state index contributed by atoms with van der Waals surface area (Å²) in [6, 6.07) is 15.2. The lowest BCUT2D eigenvalue weighted by Crippen LogP contribution is -2.20. The minimum absolute atomic E-state index is 0.517. The SMILES string of the molecule is COc1cccc(N(C)CCC(O)c2cccc(Cl)c2)c1. The first-order chi connectivity index (χ1) is 10.1. The molecule has 0 fully saturated rings. The summed E-state index contributed by atoms with van der Waals surface area (Å²) in [5, 5.41) is 10.9. The number of anilines is 1. The van der Waals surface area contributed by atoms with E-state index in [1.165, 1.54) is 0 Å². The fourth-order valence-electron chi connectivity index (χ4n) is 2.17. The lowest BCUT2D eigenvalue weighted by atomic mass is 10.1. The molecule has 0 saturated carbocycles. The van der Waals surface area contributed by atoms with Crippen molar-refractivity contribution >= 4 is 17.3 Å². The molecule has 0 bridgehead atoms. The van der Waals surface area contributed by atoms with E-state index in [9.17, 15) is 5.11 Å². The van der Waals surface area contributed by atoms with Gasteiger partial charge in [0.25, 0.3) is 0 Å². The molecular formula is C17H20ClNO2. The Bertz CT molecular complexity index is 589. The number of halogens is 1. The van der Waals surface area contributed by atoms with Crippen LogP contribution in [0.25, 0.3) is 0 Å². The maximum absolute atomic E-state index is 10.2. The molecule has 1 N–H and O–H groups in total. The number of benzene rings is 2. The molecule has 0 aromatic heterocycles. The highest BCUT2D eigenvalue weighted by atomic mass is 35.5. The molecule has 112 valence electrons. The van der Waals surface area contributed by atoms with Crippen LogP contribution in [0.15, 0.2) is 48.5 Å². The molecule has 1 atom stereocenters. The topological polar surface area (TPSA) is 32.7 Å². The van der Waals surface area contributed by atoms with Gasteiger partial charge in [0.05, 0.1) is 13.2 Å². The molecular weight excluding hydrogens is 286 g/mol. The summed E-state index contributed by atoms with van der Waals surface area (Å²) in [5.41, 5.74) is 1.91. The summed E-state index contributed by atoms with van der Waals surface area (Å²) in [7, 11) is 3.65. The molecule has 4 heteroatoms. The molecule has 2 aromatic carbocycles. The highest BCUT2D eigenvalue weighted by molar-refractivity contribution is 6.30. The van der Waals surface area contributed by atoms with E-state index in [4.69, 9.17) is 16.3 Å². The van der Waals surface area contributed by atoms with Gasteiger partial charge in [0.15, 0.2) is 0 Å². The maximum atomic E-state index is 10.2. The smallest absolute Gasteiger partial charge is 0.120 e. The van der Waals surface area contributed by atoms with Crippen LogP contribution in [-0.4, -0.2) is 25.8 Å². The third kappa shape index (κ3) is 4.38. The van der Waals surface area contributed by atoms with E-state index in [2.05, 4.69) is 4.90 Å². The van der Waals surface area contributed by atoms with Crippen molar-refractivity contribution < 1.29 is 9.84 Å². The van der Waals surface area contributed by atoms with Crippen molar-refractivity contribution in [3.63, 3.8) is 0 Å². The third-order valence-corrected chi connectivity index (χ3v) is 3.70. The largest absolute Gasteiger partial charge is 0.497 e. The van der Waals surface area contributed by atoms with Crippen molar-refractivity contribution in [2.45, 2.75) is 12.5 Å². The average Bonchev–Trinajstić information content (AvgIpc) is 2.52. The van der Waals surface area contributed by atoms with Crippen molar-refractivity contribution in [2.24, 2.45) is 0 Å². The van der Waals surface area contributed by atoms with Gasteiger partial charge in [-0.15, -0.1) is 0 Å². The van der Waals surface area contributed by atoms with Gasteiger partial charge in [0.2, 0.25) is 0 Å². The van der Waals surface area contributed by atoms with Gasteiger partial charge < -0.3 is 14.7 Å². The van der Waals surface area contributed by atoms with Crippen molar-refractivity contribution in [3.8, 4) is 5.75 Å². The molecule has 0 spiro atoms. The number of hydrogen-bond acceptors (Lipinski definition) is 3. The van der Waals surface area contributed by atoms with E-state index in [1.54, 1.807) is 19.2 Å². The van der Waals surface area contributed by atoms with Gasteiger partial charge in [-0.2, -0.15) is 0 Å². The summed E-state index contributed by atoms with van der Waals surface area (Å²) < 4.78 is 5.22. The molecule has 1 unspecified atom stereocenters. The Morgan fingerprint density at radius 3 is 2.67 bits per heavy atom. The zero-order valence-corrected chi connectivity index (χ0v) is 13.0.